The van der Waals surface area contributed by atoms with Crippen LogP contribution in [0.2, 0.25) is 0 Å². The first-order valence-electron chi connectivity index (χ1n) is 10.00. The summed E-state index contributed by atoms with van der Waals surface area (Å²) in [6.45, 7) is 0.800. The number of benzene rings is 3. The standard InChI is InChI=1S/C26H24O3Si/c1-4-12-23(13-5-1)14-10-21-28-30(25-16-6-2-7-17-25,26-18-8-3-9-19-26)29-22-24-15-11-20-27-24/h1-20H,21-22H2/b14-10+. The van der Waals surface area contributed by atoms with Gasteiger partial charge in [0.25, 0.3) is 0 Å². The minimum absolute atomic E-state index is 0.353. The molecule has 0 atom stereocenters. The van der Waals surface area contributed by atoms with E-state index in [1.54, 1.807) is 6.26 Å². The third-order valence-electron chi connectivity index (χ3n) is 4.80. The predicted octanol–water partition coefficient (Wildman–Crippen LogP) is 4.78. The maximum Gasteiger partial charge on any atom is 0.407 e. The maximum atomic E-state index is 6.61. The monoisotopic (exact) mass is 412 g/mol. The Morgan fingerprint density at radius 1 is 0.667 bits per heavy atom. The van der Waals surface area contributed by atoms with Crippen molar-refractivity contribution in [1.29, 1.82) is 0 Å². The van der Waals surface area contributed by atoms with Crippen LogP contribution in [0.25, 0.3) is 6.08 Å². The highest BCUT2D eigenvalue weighted by Gasteiger charge is 2.42. The van der Waals surface area contributed by atoms with Crippen molar-refractivity contribution < 1.29 is 13.3 Å². The van der Waals surface area contributed by atoms with Crippen LogP contribution in [0.4, 0.5) is 0 Å². The van der Waals surface area contributed by atoms with Crippen molar-refractivity contribution in [3.05, 3.63) is 127 Å². The van der Waals surface area contributed by atoms with Crippen LogP contribution in [0, 0.1) is 0 Å². The summed E-state index contributed by atoms with van der Waals surface area (Å²) in [4.78, 5) is 0. The van der Waals surface area contributed by atoms with Crippen LogP contribution in [0.5, 0.6) is 0 Å². The molecule has 1 aromatic heterocycles. The molecule has 0 bridgehead atoms. The fraction of sp³-hybridized carbons (Fsp3) is 0.0769. The second-order valence-electron chi connectivity index (χ2n) is 6.84. The van der Waals surface area contributed by atoms with E-state index in [0.717, 1.165) is 21.7 Å². The van der Waals surface area contributed by atoms with Gasteiger partial charge in [0.15, 0.2) is 0 Å². The molecule has 0 N–H and O–H groups in total. The normalized spacial score (nSPS) is 11.7. The lowest BCUT2D eigenvalue weighted by Crippen LogP contribution is -2.63. The Bertz CT molecular complexity index is 990. The van der Waals surface area contributed by atoms with Crippen molar-refractivity contribution in [1.82, 2.24) is 0 Å². The fourth-order valence-electron chi connectivity index (χ4n) is 3.34. The van der Waals surface area contributed by atoms with E-state index in [1.807, 2.05) is 72.8 Å². The van der Waals surface area contributed by atoms with E-state index in [1.165, 1.54) is 0 Å². The van der Waals surface area contributed by atoms with Gasteiger partial charge >= 0.3 is 8.56 Å². The smallest absolute Gasteiger partial charge is 0.407 e. The van der Waals surface area contributed by atoms with Gasteiger partial charge in [0.05, 0.1) is 19.5 Å². The lowest BCUT2D eigenvalue weighted by Gasteiger charge is -2.31. The largest absolute Gasteiger partial charge is 0.467 e. The third kappa shape index (κ3) is 4.86. The fourth-order valence-corrected chi connectivity index (χ4v) is 6.36. The molecule has 0 aliphatic carbocycles. The molecule has 0 aliphatic rings. The quantitative estimate of drug-likeness (QED) is 0.371. The Balaban J connectivity index is 1.65. The highest BCUT2D eigenvalue weighted by Crippen LogP contribution is 2.14. The minimum atomic E-state index is -2.95. The summed E-state index contributed by atoms with van der Waals surface area (Å²) in [5, 5.41) is 2.13. The van der Waals surface area contributed by atoms with Gasteiger partial charge in [-0.05, 0) is 28.1 Å². The molecule has 0 fully saturated rings. The molecule has 3 aromatic carbocycles. The lowest BCUT2D eigenvalue weighted by molar-refractivity contribution is 0.184. The highest BCUT2D eigenvalue weighted by molar-refractivity contribution is 6.92. The second kappa shape index (κ2) is 10.0. The molecule has 0 radical (unpaired) electrons. The van der Waals surface area contributed by atoms with Crippen molar-refractivity contribution in [3.8, 4) is 0 Å². The Morgan fingerprint density at radius 3 is 1.83 bits per heavy atom. The van der Waals surface area contributed by atoms with E-state index < -0.39 is 8.56 Å². The van der Waals surface area contributed by atoms with Crippen LogP contribution in [0.1, 0.15) is 11.3 Å². The first kappa shape index (κ1) is 20.1. The zero-order valence-electron chi connectivity index (χ0n) is 16.7. The molecule has 0 spiro atoms. The molecule has 4 aromatic rings. The van der Waals surface area contributed by atoms with Crippen LogP contribution in [-0.4, -0.2) is 15.2 Å². The zero-order valence-corrected chi connectivity index (χ0v) is 17.7. The van der Waals surface area contributed by atoms with Gasteiger partial charge in [-0.1, -0.05) is 103 Å². The highest BCUT2D eigenvalue weighted by atomic mass is 28.4. The Kier molecular flexibility index (Phi) is 6.72. The van der Waals surface area contributed by atoms with E-state index in [-0.39, 0.29) is 0 Å². The van der Waals surface area contributed by atoms with Gasteiger partial charge in [0, 0.05) is 0 Å². The lowest BCUT2D eigenvalue weighted by atomic mass is 10.2. The summed E-state index contributed by atoms with van der Waals surface area (Å²) < 4.78 is 18.7. The van der Waals surface area contributed by atoms with Crippen molar-refractivity contribution in [2.75, 3.05) is 6.61 Å². The predicted molar refractivity (Wildman–Crippen MR) is 123 cm³/mol. The molecule has 4 heteroatoms. The van der Waals surface area contributed by atoms with Gasteiger partial charge in [-0.3, -0.25) is 0 Å². The van der Waals surface area contributed by atoms with Gasteiger partial charge in [-0.2, -0.15) is 0 Å². The first-order valence-corrected chi connectivity index (χ1v) is 11.8. The van der Waals surface area contributed by atoms with Crippen LogP contribution in [-0.2, 0) is 15.5 Å². The second-order valence-corrected chi connectivity index (χ2v) is 9.81. The van der Waals surface area contributed by atoms with Gasteiger partial charge in [0.1, 0.15) is 5.76 Å². The van der Waals surface area contributed by atoms with Gasteiger partial charge in [-0.25, -0.2) is 0 Å². The topological polar surface area (TPSA) is 31.6 Å². The summed E-state index contributed by atoms with van der Waals surface area (Å²) in [6, 6.07) is 34.5. The van der Waals surface area contributed by atoms with Crippen molar-refractivity contribution in [2.45, 2.75) is 6.61 Å². The Morgan fingerprint density at radius 2 is 1.27 bits per heavy atom. The SMILES string of the molecule is C(=C\c1ccccc1)/CO[Si](OCc1ccco1)(c1ccccc1)c1ccccc1. The van der Waals surface area contributed by atoms with E-state index in [4.69, 9.17) is 13.3 Å². The number of hydrogen-bond acceptors (Lipinski definition) is 3. The molecule has 1 heterocycles. The van der Waals surface area contributed by atoms with Crippen LogP contribution >= 0.6 is 0 Å². The molecule has 4 rings (SSSR count). The average molecular weight is 413 g/mol. The molecule has 150 valence electrons. The molecule has 0 amide bonds. The van der Waals surface area contributed by atoms with E-state index in [0.29, 0.717) is 13.2 Å². The van der Waals surface area contributed by atoms with Crippen molar-refractivity contribution in [3.63, 3.8) is 0 Å². The molecule has 30 heavy (non-hydrogen) atoms. The van der Waals surface area contributed by atoms with Gasteiger partial charge in [0.2, 0.25) is 0 Å². The summed E-state index contributed by atoms with van der Waals surface area (Å²) in [5.74, 6) is 0.780. The number of hydrogen-bond donors (Lipinski definition) is 0. The van der Waals surface area contributed by atoms with E-state index >= 15 is 0 Å². The van der Waals surface area contributed by atoms with Crippen LogP contribution in [0.3, 0.4) is 0 Å². The van der Waals surface area contributed by atoms with Crippen molar-refractivity contribution >= 4 is 25.0 Å². The molecule has 0 saturated heterocycles. The number of rotatable bonds is 9. The van der Waals surface area contributed by atoms with E-state index in [9.17, 15) is 0 Å². The van der Waals surface area contributed by atoms with E-state index in [2.05, 4.69) is 42.5 Å². The summed E-state index contributed by atoms with van der Waals surface area (Å²) in [6.07, 6.45) is 5.78. The minimum Gasteiger partial charge on any atom is -0.467 e. The molecule has 0 saturated carbocycles. The average Bonchev–Trinajstić information content (AvgIpc) is 3.34. The molecular weight excluding hydrogens is 388 g/mol. The van der Waals surface area contributed by atoms with Gasteiger partial charge in [-0.15, -0.1) is 0 Å². The Hall–Kier alpha value is -3.18. The first-order chi connectivity index (χ1) is 14.9. The molecular formula is C26H24O3Si. The number of furan rings is 1. The molecule has 0 unspecified atom stereocenters. The van der Waals surface area contributed by atoms with Crippen LogP contribution < -0.4 is 10.4 Å². The maximum absolute atomic E-state index is 6.61. The summed E-state index contributed by atoms with van der Waals surface area (Å²) in [5.41, 5.74) is 1.14. The van der Waals surface area contributed by atoms with Crippen molar-refractivity contribution in [2.24, 2.45) is 0 Å². The third-order valence-corrected chi connectivity index (χ3v) is 8.11. The summed E-state index contributed by atoms with van der Waals surface area (Å²) in [7, 11) is -2.95. The molecule has 0 aliphatic heterocycles. The van der Waals surface area contributed by atoms with Gasteiger partial charge < -0.3 is 13.3 Å². The van der Waals surface area contributed by atoms with Crippen LogP contribution in [0.15, 0.2) is 120 Å². The zero-order chi connectivity index (χ0) is 20.5. The summed E-state index contributed by atoms with van der Waals surface area (Å²) >= 11 is 0. The molecule has 3 nitrogen and oxygen atoms in total. The Labute approximate surface area is 178 Å².